The normalized spacial score (nSPS) is 11.4. The molecule has 1 rings (SSSR count). The summed E-state index contributed by atoms with van der Waals surface area (Å²) in [6.07, 6.45) is 4.94. The molecule has 0 fully saturated rings. The molecule has 0 spiro atoms. The Hall–Kier alpha value is -1.55. The van der Waals surface area contributed by atoms with E-state index in [0.717, 1.165) is 18.6 Å². The lowest BCUT2D eigenvalue weighted by atomic mass is 10.1. The molecule has 1 aromatic heterocycles. The molecule has 1 aromatic rings. The summed E-state index contributed by atoms with van der Waals surface area (Å²) < 4.78 is 5.38. The molecular weight excluding hydrogens is 242 g/mol. The van der Waals surface area contributed by atoms with Crippen molar-refractivity contribution in [2.75, 3.05) is 13.2 Å². The highest BCUT2D eigenvalue weighted by atomic mass is 16.3. The number of aliphatic hydroxyl groups excluding tert-OH is 1. The third-order valence-corrected chi connectivity index (χ3v) is 3.16. The van der Waals surface area contributed by atoms with Gasteiger partial charge in [-0.3, -0.25) is 4.79 Å². The second-order valence-corrected chi connectivity index (χ2v) is 4.51. The van der Waals surface area contributed by atoms with E-state index in [1.54, 1.807) is 11.0 Å². The van der Waals surface area contributed by atoms with Crippen LogP contribution in [0.1, 0.15) is 38.2 Å². The van der Waals surface area contributed by atoms with Crippen molar-refractivity contribution in [1.82, 2.24) is 4.90 Å². The van der Waals surface area contributed by atoms with Crippen molar-refractivity contribution in [2.24, 2.45) is 0 Å². The molecule has 1 amide bonds. The second kappa shape index (κ2) is 7.79. The van der Waals surface area contributed by atoms with Crippen LogP contribution in [-0.4, -0.2) is 35.1 Å². The van der Waals surface area contributed by atoms with Crippen molar-refractivity contribution in [2.45, 2.75) is 39.7 Å². The number of hydrogen-bond acceptors (Lipinski definition) is 3. The number of hydrogen-bond donors (Lipinski definition) is 1. The van der Waals surface area contributed by atoms with Gasteiger partial charge in [0.05, 0.1) is 6.61 Å². The Kier molecular flexibility index (Phi) is 6.36. The minimum Gasteiger partial charge on any atom is -0.462 e. The molecule has 4 nitrogen and oxygen atoms in total. The smallest absolute Gasteiger partial charge is 0.247 e. The van der Waals surface area contributed by atoms with Crippen molar-refractivity contribution >= 4 is 12.0 Å². The van der Waals surface area contributed by atoms with Crippen LogP contribution >= 0.6 is 0 Å². The van der Waals surface area contributed by atoms with Gasteiger partial charge in [0.25, 0.3) is 0 Å². The fourth-order valence-electron chi connectivity index (χ4n) is 2.10. The molecule has 0 aliphatic rings. The Bertz CT molecular complexity index is 419. The summed E-state index contributed by atoms with van der Waals surface area (Å²) in [4.78, 5) is 13.9. The topological polar surface area (TPSA) is 53.7 Å². The summed E-state index contributed by atoms with van der Waals surface area (Å²) >= 11 is 0. The summed E-state index contributed by atoms with van der Waals surface area (Å²) in [5, 5.41) is 9.08. The van der Waals surface area contributed by atoms with Gasteiger partial charge in [0.1, 0.15) is 11.5 Å². The summed E-state index contributed by atoms with van der Waals surface area (Å²) in [5.41, 5.74) is 0. The van der Waals surface area contributed by atoms with E-state index >= 15 is 0 Å². The molecule has 0 atom stereocenters. The van der Waals surface area contributed by atoms with Crippen LogP contribution < -0.4 is 0 Å². The van der Waals surface area contributed by atoms with E-state index in [9.17, 15) is 4.79 Å². The maximum absolute atomic E-state index is 12.2. The number of rotatable bonds is 7. The number of aryl methyl sites for hydroxylation is 1. The molecule has 1 heterocycles. The third kappa shape index (κ3) is 4.56. The molecule has 0 radical (unpaired) electrons. The van der Waals surface area contributed by atoms with E-state index in [4.69, 9.17) is 9.52 Å². The van der Waals surface area contributed by atoms with Crippen LogP contribution in [0.3, 0.4) is 0 Å². The van der Waals surface area contributed by atoms with Crippen LogP contribution in [0.4, 0.5) is 0 Å². The van der Waals surface area contributed by atoms with Gasteiger partial charge in [0.15, 0.2) is 0 Å². The molecule has 0 unspecified atom stereocenters. The van der Waals surface area contributed by atoms with E-state index in [0.29, 0.717) is 12.3 Å². The number of carbonyl (C=O) groups excluding carboxylic acids is 1. The number of amides is 1. The monoisotopic (exact) mass is 265 g/mol. The Morgan fingerprint density at radius 3 is 2.58 bits per heavy atom. The summed E-state index contributed by atoms with van der Waals surface area (Å²) in [7, 11) is 0. The zero-order chi connectivity index (χ0) is 14.3. The lowest BCUT2D eigenvalue weighted by molar-refractivity contribution is -0.129. The standard InChI is InChI=1S/C15H23NO3/c1-4-13(5-2)16(10-11-17)15(18)9-8-14-7-6-12(3)19-14/h6-9,13,17H,4-5,10-11H2,1-3H3. The number of aliphatic hydroxyl groups is 1. The van der Waals surface area contributed by atoms with Crippen LogP contribution in [0.5, 0.6) is 0 Å². The minimum atomic E-state index is -0.0863. The Balaban J connectivity index is 2.73. The molecule has 19 heavy (non-hydrogen) atoms. The largest absolute Gasteiger partial charge is 0.462 e. The average Bonchev–Trinajstić information content (AvgIpc) is 2.82. The van der Waals surface area contributed by atoms with Gasteiger partial charge in [0.2, 0.25) is 5.91 Å². The molecular formula is C15H23NO3. The summed E-state index contributed by atoms with van der Waals surface area (Å²) in [5.74, 6) is 1.40. The maximum atomic E-state index is 12.2. The predicted octanol–water partition coefficient (Wildman–Crippen LogP) is 2.61. The van der Waals surface area contributed by atoms with Crippen LogP contribution in [0.2, 0.25) is 0 Å². The zero-order valence-electron chi connectivity index (χ0n) is 11.9. The first-order chi connectivity index (χ1) is 9.12. The van der Waals surface area contributed by atoms with Gasteiger partial charge in [-0.25, -0.2) is 0 Å². The van der Waals surface area contributed by atoms with Crippen molar-refractivity contribution in [3.63, 3.8) is 0 Å². The number of nitrogens with zero attached hydrogens (tertiary/aromatic N) is 1. The highest BCUT2D eigenvalue weighted by Crippen LogP contribution is 2.11. The Morgan fingerprint density at radius 1 is 1.42 bits per heavy atom. The van der Waals surface area contributed by atoms with Gasteiger partial charge in [-0.05, 0) is 38.0 Å². The highest BCUT2D eigenvalue weighted by molar-refractivity contribution is 5.91. The first-order valence-electron chi connectivity index (χ1n) is 6.78. The van der Waals surface area contributed by atoms with E-state index in [-0.39, 0.29) is 18.6 Å². The Labute approximate surface area is 114 Å². The highest BCUT2D eigenvalue weighted by Gasteiger charge is 2.18. The Morgan fingerprint density at radius 2 is 2.11 bits per heavy atom. The van der Waals surface area contributed by atoms with E-state index < -0.39 is 0 Å². The van der Waals surface area contributed by atoms with Crippen LogP contribution in [-0.2, 0) is 4.79 Å². The zero-order valence-corrected chi connectivity index (χ0v) is 11.9. The molecule has 0 bridgehead atoms. The molecule has 0 saturated carbocycles. The molecule has 0 aliphatic carbocycles. The molecule has 0 saturated heterocycles. The van der Waals surface area contributed by atoms with Crippen LogP contribution in [0.15, 0.2) is 22.6 Å². The summed E-state index contributed by atoms with van der Waals surface area (Å²) in [6.45, 7) is 6.31. The number of carbonyl (C=O) groups is 1. The van der Waals surface area contributed by atoms with E-state index in [1.165, 1.54) is 6.08 Å². The van der Waals surface area contributed by atoms with Gasteiger partial charge >= 0.3 is 0 Å². The first-order valence-corrected chi connectivity index (χ1v) is 6.78. The van der Waals surface area contributed by atoms with E-state index in [2.05, 4.69) is 0 Å². The summed E-state index contributed by atoms with van der Waals surface area (Å²) in [6, 6.07) is 3.85. The fraction of sp³-hybridized carbons (Fsp3) is 0.533. The molecule has 0 aromatic carbocycles. The van der Waals surface area contributed by atoms with Crippen molar-refractivity contribution in [1.29, 1.82) is 0 Å². The quantitative estimate of drug-likeness (QED) is 0.771. The van der Waals surface area contributed by atoms with E-state index in [1.807, 2.05) is 32.9 Å². The molecule has 0 aliphatic heterocycles. The molecule has 4 heteroatoms. The van der Waals surface area contributed by atoms with Gasteiger partial charge in [-0.1, -0.05) is 13.8 Å². The average molecular weight is 265 g/mol. The van der Waals surface area contributed by atoms with Crippen LogP contribution in [0.25, 0.3) is 6.08 Å². The van der Waals surface area contributed by atoms with Crippen molar-refractivity contribution in [3.05, 3.63) is 29.7 Å². The fourth-order valence-corrected chi connectivity index (χ4v) is 2.10. The van der Waals surface area contributed by atoms with Gasteiger partial charge in [-0.15, -0.1) is 0 Å². The van der Waals surface area contributed by atoms with Gasteiger partial charge in [-0.2, -0.15) is 0 Å². The minimum absolute atomic E-state index is 0.0179. The molecule has 106 valence electrons. The lowest BCUT2D eigenvalue weighted by Gasteiger charge is -2.28. The lowest BCUT2D eigenvalue weighted by Crippen LogP contribution is -2.40. The SMILES string of the molecule is CCC(CC)N(CCO)C(=O)C=Cc1ccc(C)o1. The van der Waals surface area contributed by atoms with Crippen LogP contribution in [0, 0.1) is 6.92 Å². The first kappa shape index (κ1) is 15.5. The van der Waals surface area contributed by atoms with Crippen molar-refractivity contribution < 1.29 is 14.3 Å². The molecule has 1 N–H and O–H groups in total. The van der Waals surface area contributed by atoms with Gasteiger partial charge < -0.3 is 14.4 Å². The van der Waals surface area contributed by atoms with Gasteiger partial charge in [0, 0.05) is 18.7 Å². The number of furan rings is 1. The second-order valence-electron chi connectivity index (χ2n) is 4.51. The van der Waals surface area contributed by atoms with Crippen molar-refractivity contribution in [3.8, 4) is 0 Å². The predicted molar refractivity (Wildman–Crippen MR) is 75.6 cm³/mol. The maximum Gasteiger partial charge on any atom is 0.247 e. The third-order valence-electron chi connectivity index (χ3n) is 3.16.